The molecule has 31 heavy (non-hydrogen) atoms. The number of nitrogens with zero attached hydrogens (tertiary/aromatic N) is 5. The molecule has 0 unspecified atom stereocenters. The number of nitrogens with one attached hydrogen (secondary N) is 2. The van der Waals surface area contributed by atoms with Crippen LogP contribution in [0.4, 0.5) is 0 Å². The van der Waals surface area contributed by atoms with E-state index in [1.54, 1.807) is 11.3 Å². The lowest BCUT2D eigenvalue weighted by Gasteiger charge is -2.48. The summed E-state index contributed by atoms with van der Waals surface area (Å²) in [5, 5.41) is 17.9. The van der Waals surface area contributed by atoms with Gasteiger partial charge in [-0.05, 0) is 57.1 Å². The predicted molar refractivity (Wildman–Crippen MR) is 127 cm³/mol. The first-order chi connectivity index (χ1) is 15.2. The van der Waals surface area contributed by atoms with Crippen molar-refractivity contribution in [1.29, 1.82) is 0 Å². The molecule has 1 aliphatic heterocycles. The Labute approximate surface area is 190 Å². The molecule has 1 saturated heterocycles. The number of hydrogen-bond donors (Lipinski definition) is 2. The fraction of sp³-hybridized carbons (Fsp3) is 0.696. The van der Waals surface area contributed by atoms with Crippen LogP contribution in [0.3, 0.4) is 0 Å². The third-order valence-corrected chi connectivity index (χ3v) is 7.84. The normalized spacial score (nSPS) is 20.0. The van der Waals surface area contributed by atoms with Crippen molar-refractivity contribution >= 4 is 17.3 Å². The van der Waals surface area contributed by atoms with Gasteiger partial charge in [-0.15, -0.1) is 21.5 Å². The van der Waals surface area contributed by atoms with Crippen molar-refractivity contribution in [3.63, 3.8) is 0 Å². The fourth-order valence-corrected chi connectivity index (χ4v) is 5.57. The van der Waals surface area contributed by atoms with Crippen LogP contribution in [0.15, 0.2) is 22.5 Å². The smallest absolute Gasteiger partial charge is 0.192 e. The Kier molecular flexibility index (Phi) is 7.61. The molecule has 8 heteroatoms. The molecule has 0 bridgehead atoms. The van der Waals surface area contributed by atoms with Crippen LogP contribution in [0.1, 0.15) is 67.9 Å². The van der Waals surface area contributed by atoms with Crippen LogP contribution in [0.25, 0.3) is 0 Å². The SMILES string of the molecule is Cc1nnc(CN=C(NCc2cccs2)NCC2(N3CCCCC3)CCCCC2)n1C. The first kappa shape index (κ1) is 22.3. The lowest BCUT2D eigenvalue weighted by atomic mass is 9.79. The molecule has 0 amide bonds. The second-order valence-electron chi connectivity index (χ2n) is 9.01. The summed E-state index contributed by atoms with van der Waals surface area (Å²) in [5.41, 5.74) is 0.269. The van der Waals surface area contributed by atoms with Crippen LogP contribution >= 0.6 is 11.3 Å². The molecular formula is C23H37N7S. The molecule has 0 aromatic carbocycles. The van der Waals surface area contributed by atoms with Gasteiger partial charge in [-0.2, -0.15) is 0 Å². The third kappa shape index (κ3) is 5.66. The predicted octanol–water partition coefficient (Wildman–Crippen LogP) is 3.61. The van der Waals surface area contributed by atoms with Crippen molar-refractivity contribution in [2.24, 2.45) is 12.0 Å². The quantitative estimate of drug-likeness (QED) is 0.505. The maximum atomic E-state index is 4.89. The summed E-state index contributed by atoms with van der Waals surface area (Å²) in [7, 11) is 2.00. The van der Waals surface area contributed by atoms with E-state index in [-0.39, 0.29) is 5.54 Å². The molecule has 2 aromatic rings. The van der Waals surface area contributed by atoms with Gasteiger partial charge in [0.25, 0.3) is 0 Å². The number of thiophene rings is 1. The van der Waals surface area contributed by atoms with Gasteiger partial charge in [0.2, 0.25) is 0 Å². The van der Waals surface area contributed by atoms with Crippen LogP contribution in [-0.2, 0) is 20.1 Å². The minimum absolute atomic E-state index is 0.269. The Morgan fingerprint density at radius 3 is 2.55 bits per heavy atom. The van der Waals surface area contributed by atoms with E-state index in [4.69, 9.17) is 4.99 Å². The molecule has 4 rings (SSSR count). The van der Waals surface area contributed by atoms with Crippen LogP contribution in [0, 0.1) is 6.92 Å². The van der Waals surface area contributed by atoms with Crippen molar-refractivity contribution in [2.45, 2.75) is 76.9 Å². The molecule has 0 spiro atoms. The first-order valence-electron chi connectivity index (χ1n) is 11.8. The van der Waals surface area contributed by atoms with E-state index in [1.807, 2.05) is 18.5 Å². The molecule has 1 saturated carbocycles. The lowest BCUT2D eigenvalue weighted by Crippen LogP contribution is -2.59. The number of likely N-dealkylation sites (tertiary alicyclic amines) is 1. The highest BCUT2D eigenvalue weighted by atomic mass is 32.1. The Balaban J connectivity index is 1.46. The van der Waals surface area contributed by atoms with E-state index in [1.165, 1.54) is 69.3 Å². The number of rotatable bonds is 7. The van der Waals surface area contributed by atoms with Crippen LogP contribution in [-0.4, -0.2) is 50.8 Å². The van der Waals surface area contributed by atoms with Crippen LogP contribution < -0.4 is 10.6 Å². The highest BCUT2D eigenvalue weighted by Crippen LogP contribution is 2.35. The van der Waals surface area contributed by atoms with E-state index < -0.39 is 0 Å². The lowest BCUT2D eigenvalue weighted by molar-refractivity contribution is 0.0368. The van der Waals surface area contributed by atoms with E-state index >= 15 is 0 Å². The fourth-order valence-electron chi connectivity index (χ4n) is 4.93. The van der Waals surface area contributed by atoms with E-state index in [0.717, 1.165) is 30.7 Å². The number of piperidine rings is 1. The Hall–Kier alpha value is -1.93. The second-order valence-corrected chi connectivity index (χ2v) is 10.0. The summed E-state index contributed by atoms with van der Waals surface area (Å²) < 4.78 is 2.01. The summed E-state index contributed by atoms with van der Waals surface area (Å²) >= 11 is 1.77. The van der Waals surface area contributed by atoms with Gasteiger partial charge in [0.1, 0.15) is 12.4 Å². The summed E-state index contributed by atoms with van der Waals surface area (Å²) in [4.78, 5) is 8.98. The molecular weight excluding hydrogens is 406 g/mol. The Bertz CT molecular complexity index is 830. The topological polar surface area (TPSA) is 70.4 Å². The minimum Gasteiger partial charge on any atom is -0.355 e. The van der Waals surface area contributed by atoms with Crippen LogP contribution in [0.5, 0.6) is 0 Å². The zero-order chi connectivity index (χ0) is 21.5. The number of aryl methyl sites for hydroxylation is 1. The van der Waals surface area contributed by atoms with Crippen molar-refractivity contribution in [2.75, 3.05) is 19.6 Å². The van der Waals surface area contributed by atoms with Gasteiger partial charge in [-0.3, -0.25) is 4.90 Å². The van der Waals surface area contributed by atoms with Gasteiger partial charge in [0.15, 0.2) is 11.8 Å². The number of aromatic nitrogens is 3. The van der Waals surface area contributed by atoms with Crippen LogP contribution in [0.2, 0.25) is 0 Å². The average molecular weight is 444 g/mol. The van der Waals surface area contributed by atoms with Gasteiger partial charge < -0.3 is 15.2 Å². The maximum Gasteiger partial charge on any atom is 0.192 e. The average Bonchev–Trinajstić information content (AvgIpc) is 3.45. The van der Waals surface area contributed by atoms with Crippen molar-refractivity contribution < 1.29 is 0 Å². The molecule has 2 aliphatic rings. The van der Waals surface area contributed by atoms with Gasteiger partial charge in [0, 0.05) is 24.0 Å². The first-order valence-corrected chi connectivity index (χ1v) is 12.7. The molecule has 2 aromatic heterocycles. The molecule has 170 valence electrons. The molecule has 0 radical (unpaired) electrons. The van der Waals surface area contributed by atoms with Gasteiger partial charge in [-0.25, -0.2) is 4.99 Å². The molecule has 1 aliphatic carbocycles. The number of aliphatic imine (C=N–C) groups is 1. The number of hydrogen-bond acceptors (Lipinski definition) is 5. The highest BCUT2D eigenvalue weighted by molar-refractivity contribution is 7.09. The zero-order valence-electron chi connectivity index (χ0n) is 19.1. The van der Waals surface area contributed by atoms with Crippen molar-refractivity contribution in [3.8, 4) is 0 Å². The third-order valence-electron chi connectivity index (χ3n) is 6.97. The van der Waals surface area contributed by atoms with Crippen molar-refractivity contribution in [1.82, 2.24) is 30.3 Å². The molecule has 2 N–H and O–H groups in total. The summed E-state index contributed by atoms with van der Waals surface area (Å²) in [6, 6.07) is 4.26. The summed E-state index contributed by atoms with van der Waals surface area (Å²) in [5.74, 6) is 2.67. The Morgan fingerprint density at radius 2 is 1.87 bits per heavy atom. The molecule has 2 fully saturated rings. The van der Waals surface area contributed by atoms with Gasteiger partial charge in [0.05, 0.1) is 6.54 Å². The number of guanidine groups is 1. The van der Waals surface area contributed by atoms with E-state index in [0.29, 0.717) is 6.54 Å². The standard InChI is InChI=1S/C23H37N7S/c1-19-27-28-21(29(19)2)17-25-22(24-16-20-10-9-15-31-20)26-18-23(11-5-3-6-12-23)30-13-7-4-8-14-30/h9-10,15H,3-8,11-14,16-18H2,1-2H3,(H2,24,25,26). The molecule has 3 heterocycles. The van der Waals surface area contributed by atoms with Gasteiger partial charge >= 0.3 is 0 Å². The van der Waals surface area contributed by atoms with E-state index in [9.17, 15) is 0 Å². The second kappa shape index (κ2) is 10.6. The molecule has 0 atom stereocenters. The van der Waals surface area contributed by atoms with Gasteiger partial charge in [-0.1, -0.05) is 31.7 Å². The van der Waals surface area contributed by atoms with E-state index in [2.05, 4.69) is 43.2 Å². The van der Waals surface area contributed by atoms with Crippen molar-refractivity contribution in [3.05, 3.63) is 34.0 Å². The minimum atomic E-state index is 0.269. The summed E-state index contributed by atoms with van der Waals surface area (Å²) in [6.07, 6.45) is 10.7. The molecule has 7 nitrogen and oxygen atoms in total. The monoisotopic (exact) mass is 443 g/mol. The highest BCUT2D eigenvalue weighted by Gasteiger charge is 2.38. The summed E-state index contributed by atoms with van der Waals surface area (Å²) in [6.45, 7) is 6.73. The Morgan fingerprint density at radius 1 is 1.10 bits per heavy atom. The zero-order valence-corrected chi connectivity index (χ0v) is 19.9. The largest absolute Gasteiger partial charge is 0.355 e. The maximum absolute atomic E-state index is 4.89.